The molecule has 1 saturated carbocycles. The zero-order valence-corrected chi connectivity index (χ0v) is 12.0. The molecule has 1 fully saturated rings. The van der Waals surface area contributed by atoms with Crippen LogP contribution in [0.25, 0.3) is 0 Å². The highest BCUT2D eigenvalue weighted by atomic mass is 32.2. The van der Waals surface area contributed by atoms with Gasteiger partial charge in [-0.25, -0.2) is 0 Å². The molecule has 1 aromatic rings. The number of carbonyl (C=O) groups excluding carboxylic acids is 1. The number of carbonyl (C=O) groups is 1. The molecule has 1 aliphatic carbocycles. The Hall–Kier alpha value is -0.480. The van der Waals surface area contributed by atoms with Crippen LogP contribution >= 0.6 is 23.1 Å². The Morgan fingerprint density at radius 3 is 3.06 bits per heavy atom. The van der Waals surface area contributed by atoms with Gasteiger partial charge in [0.2, 0.25) is 0 Å². The van der Waals surface area contributed by atoms with Crippen LogP contribution in [0.5, 0.6) is 0 Å². The van der Waals surface area contributed by atoms with E-state index in [1.165, 1.54) is 12.2 Å². The SMILES string of the molecule is CCS[C@@H]1CC[C@H](N(C)C(=O)c2ccsc2)C1. The number of hydrogen-bond acceptors (Lipinski definition) is 3. The van der Waals surface area contributed by atoms with Gasteiger partial charge in [0.1, 0.15) is 0 Å². The molecule has 0 bridgehead atoms. The van der Waals surface area contributed by atoms with Crippen LogP contribution in [0.15, 0.2) is 16.8 Å². The van der Waals surface area contributed by atoms with Gasteiger partial charge in [0.15, 0.2) is 0 Å². The second-order valence-corrected chi connectivity index (χ2v) is 6.83. The van der Waals surface area contributed by atoms with Gasteiger partial charge < -0.3 is 4.90 Å². The summed E-state index contributed by atoms with van der Waals surface area (Å²) < 4.78 is 0. The monoisotopic (exact) mass is 269 g/mol. The fraction of sp³-hybridized carbons (Fsp3) is 0.615. The lowest BCUT2D eigenvalue weighted by atomic mass is 10.2. The standard InChI is InChI=1S/C13H19NOS2/c1-3-17-12-5-4-11(8-12)14(2)13(15)10-6-7-16-9-10/h6-7,9,11-12H,3-5,8H2,1-2H3/t11-,12+/m0/s1. The normalized spacial score (nSPS) is 23.9. The molecule has 0 aliphatic heterocycles. The topological polar surface area (TPSA) is 20.3 Å². The molecule has 1 aromatic heterocycles. The lowest BCUT2D eigenvalue weighted by Gasteiger charge is -2.24. The van der Waals surface area contributed by atoms with Crippen molar-refractivity contribution in [3.63, 3.8) is 0 Å². The van der Waals surface area contributed by atoms with E-state index in [4.69, 9.17) is 0 Å². The molecule has 4 heteroatoms. The largest absolute Gasteiger partial charge is 0.339 e. The van der Waals surface area contributed by atoms with Gasteiger partial charge in [0, 0.05) is 23.7 Å². The smallest absolute Gasteiger partial charge is 0.254 e. The minimum Gasteiger partial charge on any atom is -0.339 e. The van der Waals surface area contributed by atoms with Crippen molar-refractivity contribution in [3.05, 3.63) is 22.4 Å². The van der Waals surface area contributed by atoms with Gasteiger partial charge in [-0.05, 0) is 36.5 Å². The van der Waals surface area contributed by atoms with Crippen LogP contribution in [0.4, 0.5) is 0 Å². The van der Waals surface area contributed by atoms with E-state index < -0.39 is 0 Å². The Morgan fingerprint density at radius 2 is 2.41 bits per heavy atom. The van der Waals surface area contributed by atoms with Crippen molar-refractivity contribution in [2.45, 2.75) is 37.5 Å². The van der Waals surface area contributed by atoms with Crippen LogP contribution in [-0.2, 0) is 0 Å². The molecule has 2 atom stereocenters. The summed E-state index contributed by atoms with van der Waals surface area (Å²) in [6.07, 6.45) is 3.57. The molecule has 0 aromatic carbocycles. The maximum Gasteiger partial charge on any atom is 0.254 e. The van der Waals surface area contributed by atoms with Crippen LogP contribution in [0.2, 0.25) is 0 Å². The predicted molar refractivity (Wildman–Crippen MR) is 76.0 cm³/mol. The van der Waals surface area contributed by atoms with Crippen molar-refractivity contribution in [2.75, 3.05) is 12.8 Å². The van der Waals surface area contributed by atoms with E-state index in [-0.39, 0.29) is 5.91 Å². The van der Waals surface area contributed by atoms with Crippen molar-refractivity contribution in [1.82, 2.24) is 4.90 Å². The quantitative estimate of drug-likeness (QED) is 0.834. The van der Waals surface area contributed by atoms with E-state index in [0.717, 1.165) is 23.7 Å². The Balaban J connectivity index is 1.93. The molecule has 0 saturated heterocycles. The first-order chi connectivity index (χ1) is 8.22. The van der Waals surface area contributed by atoms with Crippen LogP contribution in [-0.4, -0.2) is 34.9 Å². The zero-order chi connectivity index (χ0) is 12.3. The number of amides is 1. The molecule has 94 valence electrons. The molecule has 1 heterocycles. The number of rotatable bonds is 4. The summed E-state index contributed by atoms with van der Waals surface area (Å²) in [5.41, 5.74) is 0.837. The molecule has 0 N–H and O–H groups in total. The molecular formula is C13H19NOS2. The number of hydrogen-bond donors (Lipinski definition) is 0. The predicted octanol–water partition coefficient (Wildman–Crippen LogP) is 3.49. The Kier molecular flexibility index (Phi) is 4.51. The van der Waals surface area contributed by atoms with Gasteiger partial charge in [0.25, 0.3) is 5.91 Å². The highest BCUT2D eigenvalue weighted by molar-refractivity contribution is 7.99. The van der Waals surface area contributed by atoms with Crippen LogP contribution < -0.4 is 0 Å². The molecule has 2 nitrogen and oxygen atoms in total. The first kappa shape index (κ1) is 13.0. The maximum atomic E-state index is 12.2. The molecule has 0 spiro atoms. The van der Waals surface area contributed by atoms with Crippen LogP contribution in [0.3, 0.4) is 0 Å². The maximum absolute atomic E-state index is 12.2. The Bertz CT molecular complexity index is 364. The van der Waals surface area contributed by atoms with E-state index >= 15 is 0 Å². The average Bonchev–Trinajstić information content (AvgIpc) is 2.98. The molecule has 0 radical (unpaired) electrons. The van der Waals surface area contributed by atoms with Crippen molar-refractivity contribution < 1.29 is 4.79 Å². The lowest BCUT2D eigenvalue weighted by molar-refractivity contribution is 0.0736. The summed E-state index contributed by atoms with van der Waals surface area (Å²) in [5, 5.41) is 4.65. The van der Waals surface area contributed by atoms with E-state index in [2.05, 4.69) is 6.92 Å². The van der Waals surface area contributed by atoms with Crippen molar-refractivity contribution in [1.29, 1.82) is 0 Å². The van der Waals surface area contributed by atoms with Crippen molar-refractivity contribution in [2.24, 2.45) is 0 Å². The van der Waals surface area contributed by atoms with Crippen LogP contribution in [0.1, 0.15) is 36.5 Å². The molecule has 1 amide bonds. The minimum atomic E-state index is 0.179. The van der Waals surface area contributed by atoms with Gasteiger partial charge in [0.05, 0.1) is 5.56 Å². The number of thioether (sulfide) groups is 1. The van der Waals surface area contributed by atoms with Gasteiger partial charge in [-0.3, -0.25) is 4.79 Å². The second kappa shape index (κ2) is 5.91. The fourth-order valence-electron chi connectivity index (χ4n) is 2.41. The van der Waals surface area contributed by atoms with E-state index in [1.807, 2.05) is 40.5 Å². The third-order valence-electron chi connectivity index (χ3n) is 3.40. The summed E-state index contributed by atoms with van der Waals surface area (Å²) in [7, 11) is 1.95. The molecule has 1 aliphatic rings. The second-order valence-electron chi connectivity index (χ2n) is 4.47. The van der Waals surface area contributed by atoms with Gasteiger partial charge in [-0.2, -0.15) is 23.1 Å². The number of nitrogens with zero attached hydrogens (tertiary/aromatic N) is 1. The molecule has 17 heavy (non-hydrogen) atoms. The zero-order valence-electron chi connectivity index (χ0n) is 10.4. The Morgan fingerprint density at radius 1 is 1.59 bits per heavy atom. The molecular weight excluding hydrogens is 250 g/mol. The summed E-state index contributed by atoms with van der Waals surface area (Å²) >= 11 is 3.62. The molecule has 2 rings (SSSR count). The van der Waals surface area contributed by atoms with E-state index in [1.54, 1.807) is 11.3 Å². The number of thiophene rings is 1. The highest BCUT2D eigenvalue weighted by Gasteiger charge is 2.30. The fourth-order valence-corrected chi connectivity index (χ4v) is 4.17. The van der Waals surface area contributed by atoms with E-state index in [9.17, 15) is 4.79 Å². The first-order valence-electron chi connectivity index (χ1n) is 6.13. The Labute approximate surface area is 111 Å². The summed E-state index contributed by atoms with van der Waals surface area (Å²) in [6, 6.07) is 2.35. The van der Waals surface area contributed by atoms with Gasteiger partial charge >= 0.3 is 0 Å². The van der Waals surface area contributed by atoms with Crippen LogP contribution in [0, 0.1) is 0 Å². The van der Waals surface area contributed by atoms with Gasteiger partial charge in [-0.1, -0.05) is 6.92 Å². The third kappa shape index (κ3) is 3.05. The van der Waals surface area contributed by atoms with Gasteiger partial charge in [-0.15, -0.1) is 0 Å². The molecule has 0 unspecified atom stereocenters. The van der Waals surface area contributed by atoms with Crippen molar-refractivity contribution in [3.8, 4) is 0 Å². The first-order valence-corrected chi connectivity index (χ1v) is 8.12. The van der Waals surface area contributed by atoms with Crippen molar-refractivity contribution >= 4 is 29.0 Å². The van der Waals surface area contributed by atoms with E-state index in [0.29, 0.717) is 6.04 Å². The summed E-state index contributed by atoms with van der Waals surface area (Å²) in [5.74, 6) is 1.36. The lowest BCUT2D eigenvalue weighted by Crippen LogP contribution is -2.35. The average molecular weight is 269 g/mol. The summed E-state index contributed by atoms with van der Waals surface area (Å²) in [6.45, 7) is 2.21. The summed E-state index contributed by atoms with van der Waals surface area (Å²) in [4.78, 5) is 14.1. The highest BCUT2D eigenvalue weighted by Crippen LogP contribution is 2.32. The third-order valence-corrected chi connectivity index (χ3v) is 5.31. The minimum absolute atomic E-state index is 0.179.